The monoisotopic (exact) mass is 308 g/mol. The number of hydrogen-bond donors (Lipinski definition) is 4. The van der Waals surface area contributed by atoms with E-state index in [1.807, 2.05) is 18.2 Å². The maximum atomic E-state index is 12.5. The molecule has 0 saturated carbocycles. The number of nitrogens with one attached hydrogen (secondary N) is 2. The lowest BCUT2D eigenvalue weighted by atomic mass is 10.1. The maximum absolute atomic E-state index is 12.5. The summed E-state index contributed by atoms with van der Waals surface area (Å²) in [6.07, 6.45) is 0. The average molecular weight is 308 g/mol. The van der Waals surface area contributed by atoms with Crippen LogP contribution in [0.15, 0.2) is 48.5 Å². The first kappa shape index (κ1) is 14.8. The first-order valence-electron chi connectivity index (χ1n) is 7.10. The van der Waals surface area contributed by atoms with Gasteiger partial charge >= 0.3 is 0 Å². The lowest BCUT2D eigenvalue weighted by Crippen LogP contribution is -2.12. The van der Waals surface area contributed by atoms with Crippen LogP contribution in [0.2, 0.25) is 0 Å². The van der Waals surface area contributed by atoms with Crippen LogP contribution in [0.5, 0.6) is 0 Å². The number of nitrogens with two attached hydrogens (primary N) is 2. The highest BCUT2D eigenvalue weighted by atomic mass is 16.2. The van der Waals surface area contributed by atoms with Crippen molar-refractivity contribution in [2.75, 3.05) is 5.32 Å². The molecule has 0 bridgehead atoms. The van der Waals surface area contributed by atoms with E-state index in [0.717, 1.165) is 5.56 Å². The van der Waals surface area contributed by atoms with Gasteiger partial charge in [-0.05, 0) is 35.9 Å². The molecular formula is C17H16N4O2. The van der Waals surface area contributed by atoms with Crippen LogP contribution in [0.1, 0.15) is 26.4 Å². The molecule has 2 amide bonds. The molecule has 0 fully saturated rings. The SMILES string of the molecule is NCc1cccc(NC(=O)c2cccc3[nH]c(C(N)=O)cc23)c1. The zero-order chi connectivity index (χ0) is 16.4. The summed E-state index contributed by atoms with van der Waals surface area (Å²) in [6, 6.07) is 14.2. The molecule has 116 valence electrons. The van der Waals surface area contributed by atoms with E-state index in [0.29, 0.717) is 28.7 Å². The first-order valence-corrected chi connectivity index (χ1v) is 7.10. The zero-order valence-corrected chi connectivity index (χ0v) is 12.3. The smallest absolute Gasteiger partial charge is 0.265 e. The number of rotatable bonds is 4. The summed E-state index contributed by atoms with van der Waals surface area (Å²) in [7, 11) is 0. The quantitative estimate of drug-likeness (QED) is 0.590. The van der Waals surface area contributed by atoms with Crippen LogP contribution in [0.25, 0.3) is 10.9 Å². The van der Waals surface area contributed by atoms with Gasteiger partial charge in [-0.1, -0.05) is 18.2 Å². The van der Waals surface area contributed by atoms with E-state index >= 15 is 0 Å². The van der Waals surface area contributed by atoms with Gasteiger partial charge in [-0.25, -0.2) is 0 Å². The number of hydrogen-bond acceptors (Lipinski definition) is 3. The molecule has 23 heavy (non-hydrogen) atoms. The van der Waals surface area contributed by atoms with Crippen molar-refractivity contribution in [1.29, 1.82) is 0 Å². The summed E-state index contributed by atoms with van der Waals surface area (Å²) in [5.74, 6) is -0.831. The van der Waals surface area contributed by atoms with Crippen LogP contribution in [-0.4, -0.2) is 16.8 Å². The number of fused-ring (bicyclic) bond motifs is 1. The highest BCUT2D eigenvalue weighted by Crippen LogP contribution is 2.21. The van der Waals surface area contributed by atoms with E-state index in [1.54, 1.807) is 30.3 Å². The standard InChI is InChI=1S/C17H16N4O2/c18-9-10-3-1-4-11(7-10)20-17(23)12-5-2-6-14-13(12)8-15(21-14)16(19)22/h1-8,21H,9,18H2,(H2,19,22)(H,20,23). The highest BCUT2D eigenvalue weighted by Gasteiger charge is 2.14. The van der Waals surface area contributed by atoms with Gasteiger partial charge in [-0.3, -0.25) is 9.59 Å². The number of H-pyrrole nitrogens is 1. The molecule has 0 spiro atoms. The van der Waals surface area contributed by atoms with Crippen molar-refractivity contribution < 1.29 is 9.59 Å². The molecule has 0 aliphatic heterocycles. The van der Waals surface area contributed by atoms with Crippen LogP contribution in [0.3, 0.4) is 0 Å². The molecule has 1 aromatic heterocycles. The second-order valence-corrected chi connectivity index (χ2v) is 5.17. The van der Waals surface area contributed by atoms with Crippen LogP contribution in [0.4, 0.5) is 5.69 Å². The second-order valence-electron chi connectivity index (χ2n) is 5.17. The molecule has 6 nitrogen and oxygen atoms in total. The lowest BCUT2D eigenvalue weighted by Gasteiger charge is -2.07. The Morgan fingerprint density at radius 3 is 2.61 bits per heavy atom. The number of carbonyl (C=O) groups excluding carboxylic acids is 2. The molecule has 1 heterocycles. The van der Waals surface area contributed by atoms with Crippen LogP contribution >= 0.6 is 0 Å². The van der Waals surface area contributed by atoms with Crippen molar-refractivity contribution in [1.82, 2.24) is 4.98 Å². The minimum atomic E-state index is -0.566. The van der Waals surface area contributed by atoms with E-state index < -0.39 is 5.91 Å². The fourth-order valence-corrected chi connectivity index (χ4v) is 2.46. The Morgan fingerprint density at radius 2 is 1.87 bits per heavy atom. The summed E-state index contributed by atoms with van der Waals surface area (Å²) < 4.78 is 0. The Balaban J connectivity index is 1.95. The molecule has 0 saturated heterocycles. The van der Waals surface area contributed by atoms with Gasteiger partial charge in [0, 0.05) is 28.7 Å². The lowest BCUT2D eigenvalue weighted by molar-refractivity contribution is 0.0993. The molecule has 0 radical (unpaired) electrons. The van der Waals surface area contributed by atoms with Gasteiger partial charge in [0.2, 0.25) is 0 Å². The second kappa shape index (κ2) is 5.94. The van der Waals surface area contributed by atoms with Crippen molar-refractivity contribution in [3.8, 4) is 0 Å². The Kier molecular flexibility index (Phi) is 3.82. The molecule has 3 rings (SSSR count). The maximum Gasteiger partial charge on any atom is 0.265 e. The van der Waals surface area contributed by atoms with Crippen molar-refractivity contribution in [2.45, 2.75) is 6.54 Å². The zero-order valence-electron chi connectivity index (χ0n) is 12.3. The Hall–Kier alpha value is -3.12. The molecule has 0 unspecified atom stereocenters. The van der Waals surface area contributed by atoms with Crippen LogP contribution < -0.4 is 16.8 Å². The summed E-state index contributed by atoms with van der Waals surface area (Å²) in [6.45, 7) is 0.402. The number of primary amides is 1. The number of benzene rings is 2. The van der Waals surface area contributed by atoms with Crippen LogP contribution in [0, 0.1) is 0 Å². The minimum Gasteiger partial charge on any atom is -0.364 e. The third kappa shape index (κ3) is 2.93. The number of aromatic amines is 1. The fourth-order valence-electron chi connectivity index (χ4n) is 2.46. The molecule has 0 aliphatic rings. The van der Waals surface area contributed by atoms with Gasteiger partial charge < -0.3 is 21.8 Å². The molecule has 3 aromatic rings. The van der Waals surface area contributed by atoms with E-state index in [4.69, 9.17) is 11.5 Å². The summed E-state index contributed by atoms with van der Waals surface area (Å²) in [5.41, 5.74) is 13.9. The molecular weight excluding hydrogens is 292 g/mol. The molecule has 2 aromatic carbocycles. The first-order chi connectivity index (χ1) is 11.1. The van der Waals surface area contributed by atoms with Crippen molar-refractivity contribution in [2.24, 2.45) is 11.5 Å². The van der Waals surface area contributed by atoms with Gasteiger partial charge in [0.05, 0.1) is 0 Å². The summed E-state index contributed by atoms with van der Waals surface area (Å²) >= 11 is 0. The third-order valence-electron chi connectivity index (χ3n) is 3.59. The summed E-state index contributed by atoms with van der Waals surface area (Å²) in [4.78, 5) is 26.7. The Morgan fingerprint density at radius 1 is 1.09 bits per heavy atom. The van der Waals surface area contributed by atoms with Gasteiger partial charge in [0.15, 0.2) is 0 Å². The minimum absolute atomic E-state index is 0.264. The van der Waals surface area contributed by atoms with Crippen LogP contribution in [-0.2, 0) is 6.54 Å². The van der Waals surface area contributed by atoms with E-state index in [-0.39, 0.29) is 11.6 Å². The van der Waals surface area contributed by atoms with Gasteiger partial charge in [-0.2, -0.15) is 0 Å². The number of aromatic nitrogens is 1. The number of anilines is 1. The van der Waals surface area contributed by atoms with Crippen molar-refractivity contribution in [3.63, 3.8) is 0 Å². The van der Waals surface area contributed by atoms with Gasteiger partial charge in [-0.15, -0.1) is 0 Å². The molecule has 6 heteroatoms. The third-order valence-corrected chi connectivity index (χ3v) is 3.59. The average Bonchev–Trinajstić information content (AvgIpc) is 2.99. The van der Waals surface area contributed by atoms with Crippen molar-refractivity contribution >= 4 is 28.4 Å². The molecule has 0 aliphatic carbocycles. The normalized spacial score (nSPS) is 10.7. The predicted molar refractivity (Wildman–Crippen MR) is 89.1 cm³/mol. The predicted octanol–water partition coefficient (Wildman–Crippen LogP) is 1.98. The molecule has 6 N–H and O–H groups in total. The number of amides is 2. The fraction of sp³-hybridized carbons (Fsp3) is 0.0588. The number of carbonyl (C=O) groups is 2. The topological polar surface area (TPSA) is 114 Å². The van der Waals surface area contributed by atoms with E-state index in [2.05, 4.69) is 10.3 Å². The van der Waals surface area contributed by atoms with Crippen molar-refractivity contribution in [3.05, 3.63) is 65.4 Å². The largest absolute Gasteiger partial charge is 0.364 e. The Labute approximate surface area is 132 Å². The highest BCUT2D eigenvalue weighted by molar-refractivity contribution is 6.13. The van der Waals surface area contributed by atoms with Gasteiger partial charge in [0.1, 0.15) is 5.69 Å². The summed E-state index contributed by atoms with van der Waals surface area (Å²) in [5, 5.41) is 3.49. The molecule has 0 atom stereocenters. The van der Waals surface area contributed by atoms with Gasteiger partial charge in [0.25, 0.3) is 11.8 Å². The van der Waals surface area contributed by atoms with E-state index in [1.165, 1.54) is 0 Å². The van der Waals surface area contributed by atoms with E-state index in [9.17, 15) is 9.59 Å². The Bertz CT molecular complexity index is 898.